The van der Waals surface area contributed by atoms with Gasteiger partial charge >= 0.3 is 0 Å². The number of rotatable bonds is 4. The molecule has 1 amide bonds. The van der Waals surface area contributed by atoms with Crippen LogP contribution in [0, 0.1) is 6.92 Å². The van der Waals surface area contributed by atoms with Gasteiger partial charge in [-0.25, -0.2) is 0 Å². The van der Waals surface area contributed by atoms with Crippen LogP contribution in [0.1, 0.15) is 78.8 Å². The number of carbonyl (C=O) groups is 1. The van der Waals surface area contributed by atoms with Gasteiger partial charge in [0.1, 0.15) is 11.6 Å². The maximum absolute atomic E-state index is 13.0. The number of likely N-dealkylation sites (N-methyl/N-ethyl adjacent to an activating group) is 1. The summed E-state index contributed by atoms with van der Waals surface area (Å²) in [5, 5.41) is 8.98. The van der Waals surface area contributed by atoms with Gasteiger partial charge in [-0.15, -0.1) is 10.2 Å². The predicted molar refractivity (Wildman–Crippen MR) is 112 cm³/mol. The third-order valence-corrected chi connectivity index (χ3v) is 6.38. The minimum Gasteiger partial charge on any atom is -0.339 e. The van der Waals surface area contributed by atoms with Gasteiger partial charge in [0.05, 0.1) is 17.8 Å². The third kappa shape index (κ3) is 3.92. The number of hydrogen-bond donors (Lipinski definition) is 0. The molecule has 1 saturated heterocycles. The predicted octanol–water partition coefficient (Wildman–Crippen LogP) is 2.96. The van der Waals surface area contributed by atoms with Crippen LogP contribution in [0.5, 0.6) is 0 Å². The largest absolute Gasteiger partial charge is 0.339 e. The first-order valence-corrected chi connectivity index (χ1v) is 10.9. The van der Waals surface area contributed by atoms with Crippen molar-refractivity contribution in [2.24, 2.45) is 0 Å². The van der Waals surface area contributed by atoms with Crippen LogP contribution in [0.4, 0.5) is 0 Å². The zero-order chi connectivity index (χ0) is 20.5. The van der Waals surface area contributed by atoms with Crippen molar-refractivity contribution in [3.05, 3.63) is 40.7 Å². The van der Waals surface area contributed by atoms with Gasteiger partial charge < -0.3 is 9.47 Å². The second kappa shape index (κ2) is 8.22. The summed E-state index contributed by atoms with van der Waals surface area (Å²) < 4.78 is 2.31. The summed E-state index contributed by atoms with van der Waals surface area (Å²) in [5.41, 5.74) is 2.60. The lowest BCUT2D eigenvalue weighted by Gasteiger charge is -2.33. The first-order chi connectivity index (χ1) is 14.0. The lowest BCUT2D eigenvalue weighted by atomic mass is 9.95. The summed E-state index contributed by atoms with van der Waals surface area (Å²) in [4.78, 5) is 22.0. The Morgan fingerprint density at radius 2 is 1.90 bits per heavy atom. The fourth-order valence-corrected chi connectivity index (χ4v) is 4.44. The van der Waals surface area contributed by atoms with Gasteiger partial charge in [-0.2, -0.15) is 0 Å². The molecule has 0 spiro atoms. The fraction of sp³-hybridized carbons (Fsp3) is 0.636. The number of fused-ring (bicyclic) bond motifs is 1. The SMILES string of the molecule is CCN1CCn2c(nnc2C2CCN(C(=O)c3ccc(C(C)C)nc3C)CC2)C1. The summed E-state index contributed by atoms with van der Waals surface area (Å²) >= 11 is 0. The van der Waals surface area contributed by atoms with Crippen molar-refractivity contribution < 1.29 is 4.79 Å². The van der Waals surface area contributed by atoms with Crippen LogP contribution < -0.4 is 0 Å². The number of piperidine rings is 1. The van der Waals surface area contributed by atoms with E-state index in [1.807, 2.05) is 24.0 Å². The van der Waals surface area contributed by atoms with E-state index in [1.165, 1.54) is 0 Å². The fourth-order valence-electron chi connectivity index (χ4n) is 4.44. The normalized spacial score (nSPS) is 18.3. The molecule has 0 saturated carbocycles. The highest BCUT2D eigenvalue weighted by Crippen LogP contribution is 2.29. The molecule has 156 valence electrons. The second-order valence-corrected chi connectivity index (χ2v) is 8.59. The van der Waals surface area contributed by atoms with Gasteiger partial charge in [-0.05, 0) is 44.4 Å². The van der Waals surface area contributed by atoms with Gasteiger partial charge in [0.25, 0.3) is 5.91 Å². The lowest BCUT2D eigenvalue weighted by molar-refractivity contribution is 0.0708. The molecule has 2 aromatic rings. The average molecular weight is 397 g/mol. The maximum atomic E-state index is 13.0. The molecule has 2 aromatic heterocycles. The molecule has 0 bridgehead atoms. The van der Waals surface area contributed by atoms with Crippen molar-refractivity contribution in [2.75, 3.05) is 26.2 Å². The third-order valence-electron chi connectivity index (χ3n) is 6.38. The number of amides is 1. The Kier molecular flexibility index (Phi) is 5.67. The molecule has 0 aromatic carbocycles. The average Bonchev–Trinajstić information content (AvgIpc) is 3.16. The molecule has 1 fully saturated rings. The first kappa shape index (κ1) is 20.0. The number of aromatic nitrogens is 4. The Balaban J connectivity index is 1.41. The number of aryl methyl sites for hydroxylation is 1. The summed E-state index contributed by atoms with van der Waals surface area (Å²) in [7, 11) is 0. The molecule has 0 N–H and O–H groups in total. The minimum atomic E-state index is 0.102. The van der Waals surface area contributed by atoms with E-state index in [0.717, 1.165) is 80.7 Å². The number of nitrogens with zero attached hydrogens (tertiary/aromatic N) is 6. The van der Waals surface area contributed by atoms with Crippen LogP contribution in [-0.2, 0) is 13.1 Å². The molecule has 2 aliphatic heterocycles. The standard InChI is InChI=1S/C22H32N6O/c1-5-26-12-13-28-20(14-26)24-25-21(28)17-8-10-27(11-9-17)22(29)18-6-7-19(15(2)3)23-16(18)4/h6-7,15,17H,5,8-14H2,1-4H3. The van der Waals surface area contributed by atoms with Crippen LogP contribution in [0.2, 0.25) is 0 Å². The lowest BCUT2D eigenvalue weighted by Crippen LogP contribution is -2.39. The molecule has 7 heteroatoms. The van der Waals surface area contributed by atoms with Gasteiger partial charge in [-0.3, -0.25) is 14.7 Å². The molecule has 4 rings (SSSR count). The van der Waals surface area contributed by atoms with Crippen LogP contribution in [0.3, 0.4) is 0 Å². The smallest absolute Gasteiger partial charge is 0.255 e. The molecule has 0 unspecified atom stereocenters. The van der Waals surface area contributed by atoms with E-state index in [0.29, 0.717) is 11.8 Å². The Hall–Kier alpha value is -2.28. The summed E-state index contributed by atoms with van der Waals surface area (Å²) in [5.74, 6) is 3.05. The van der Waals surface area contributed by atoms with Gasteiger partial charge in [0.2, 0.25) is 0 Å². The Labute approximate surface area is 173 Å². The first-order valence-electron chi connectivity index (χ1n) is 10.9. The summed E-state index contributed by atoms with van der Waals surface area (Å²) in [6.45, 7) is 13.9. The molecule has 0 radical (unpaired) electrons. The second-order valence-electron chi connectivity index (χ2n) is 8.59. The molecule has 0 aliphatic carbocycles. The highest BCUT2D eigenvalue weighted by atomic mass is 16.2. The molecule has 29 heavy (non-hydrogen) atoms. The van der Waals surface area contributed by atoms with E-state index in [2.05, 4.69) is 45.4 Å². The van der Waals surface area contributed by atoms with Crippen molar-refractivity contribution in [1.82, 2.24) is 29.5 Å². The van der Waals surface area contributed by atoms with Crippen molar-refractivity contribution in [1.29, 1.82) is 0 Å². The molecule has 4 heterocycles. The van der Waals surface area contributed by atoms with Crippen LogP contribution >= 0.6 is 0 Å². The van der Waals surface area contributed by atoms with Crippen LogP contribution in [0.15, 0.2) is 12.1 Å². The zero-order valence-electron chi connectivity index (χ0n) is 18.1. The Bertz CT molecular complexity index is 881. The van der Waals surface area contributed by atoms with Crippen molar-refractivity contribution in [3.63, 3.8) is 0 Å². The van der Waals surface area contributed by atoms with E-state index >= 15 is 0 Å². The molecular weight excluding hydrogens is 364 g/mol. The van der Waals surface area contributed by atoms with Gasteiger partial charge in [-0.1, -0.05) is 20.8 Å². The number of pyridine rings is 1. The van der Waals surface area contributed by atoms with E-state index in [-0.39, 0.29) is 5.91 Å². The molecule has 7 nitrogen and oxygen atoms in total. The van der Waals surface area contributed by atoms with Crippen molar-refractivity contribution in [3.8, 4) is 0 Å². The summed E-state index contributed by atoms with van der Waals surface area (Å²) in [6, 6.07) is 3.93. The van der Waals surface area contributed by atoms with Gasteiger partial charge in [0, 0.05) is 37.8 Å². The highest BCUT2D eigenvalue weighted by molar-refractivity contribution is 5.95. The quantitative estimate of drug-likeness (QED) is 0.795. The van der Waals surface area contributed by atoms with E-state index in [9.17, 15) is 4.79 Å². The number of hydrogen-bond acceptors (Lipinski definition) is 5. The van der Waals surface area contributed by atoms with Crippen molar-refractivity contribution in [2.45, 2.75) is 65.5 Å². The minimum absolute atomic E-state index is 0.102. The van der Waals surface area contributed by atoms with Gasteiger partial charge in [0.15, 0.2) is 0 Å². The van der Waals surface area contributed by atoms with Crippen LogP contribution in [-0.4, -0.2) is 61.6 Å². The van der Waals surface area contributed by atoms with E-state index in [1.54, 1.807) is 0 Å². The van der Waals surface area contributed by atoms with E-state index < -0.39 is 0 Å². The Morgan fingerprint density at radius 1 is 1.14 bits per heavy atom. The molecule has 2 aliphatic rings. The number of carbonyl (C=O) groups excluding carboxylic acids is 1. The van der Waals surface area contributed by atoms with Crippen LogP contribution in [0.25, 0.3) is 0 Å². The molecule has 0 atom stereocenters. The topological polar surface area (TPSA) is 67.2 Å². The highest BCUT2D eigenvalue weighted by Gasteiger charge is 2.30. The number of likely N-dealkylation sites (tertiary alicyclic amines) is 1. The summed E-state index contributed by atoms with van der Waals surface area (Å²) in [6.07, 6.45) is 1.88. The van der Waals surface area contributed by atoms with Crippen molar-refractivity contribution >= 4 is 5.91 Å². The van der Waals surface area contributed by atoms with E-state index in [4.69, 9.17) is 0 Å². The molecular formula is C22H32N6O. The Morgan fingerprint density at radius 3 is 2.55 bits per heavy atom. The maximum Gasteiger partial charge on any atom is 0.255 e. The monoisotopic (exact) mass is 396 g/mol. The zero-order valence-corrected chi connectivity index (χ0v) is 18.1.